The predicted octanol–water partition coefficient (Wildman–Crippen LogP) is 4.18. The van der Waals surface area contributed by atoms with Crippen LogP contribution in [0.3, 0.4) is 0 Å². The van der Waals surface area contributed by atoms with Crippen LogP contribution in [0.5, 0.6) is 11.5 Å². The molecule has 0 aliphatic rings. The Kier molecular flexibility index (Phi) is 4.75. The third kappa shape index (κ3) is 3.70. The molecule has 2 rings (SSSR count). The Bertz CT molecular complexity index is 642. The molecular formula is C15H11ClF2O3. The van der Waals surface area contributed by atoms with Crippen molar-refractivity contribution in [1.82, 2.24) is 0 Å². The number of ketones is 1. The molecule has 0 aliphatic carbocycles. The Hall–Kier alpha value is -2.14. The number of rotatable bonds is 5. The predicted molar refractivity (Wildman–Crippen MR) is 74.5 cm³/mol. The van der Waals surface area contributed by atoms with E-state index in [4.69, 9.17) is 16.3 Å². The maximum atomic E-state index is 12.4. The van der Waals surface area contributed by atoms with E-state index in [9.17, 15) is 13.6 Å². The molecule has 0 aliphatic heterocycles. The lowest BCUT2D eigenvalue weighted by Gasteiger charge is -2.09. The first kappa shape index (κ1) is 15.3. The fraction of sp³-hybridized carbons (Fsp3) is 0.133. The zero-order valence-corrected chi connectivity index (χ0v) is 11.7. The van der Waals surface area contributed by atoms with Gasteiger partial charge in [0.25, 0.3) is 0 Å². The number of carbonyl (C=O) groups excluding carboxylic acids is 1. The van der Waals surface area contributed by atoms with E-state index >= 15 is 0 Å². The molecule has 0 spiro atoms. The molecule has 3 nitrogen and oxygen atoms in total. The first-order valence-corrected chi connectivity index (χ1v) is 6.32. The van der Waals surface area contributed by atoms with Crippen molar-refractivity contribution in [2.45, 2.75) is 6.61 Å². The first-order valence-electron chi connectivity index (χ1n) is 5.94. The van der Waals surface area contributed by atoms with E-state index in [-0.39, 0.29) is 11.5 Å². The molecule has 0 atom stereocenters. The topological polar surface area (TPSA) is 35.5 Å². The van der Waals surface area contributed by atoms with Crippen LogP contribution in [0.1, 0.15) is 15.9 Å². The lowest BCUT2D eigenvalue weighted by atomic mass is 10.0. The van der Waals surface area contributed by atoms with E-state index in [1.165, 1.54) is 37.4 Å². The standard InChI is InChI=1S/C15H11ClF2O3/c1-20-13-7-4-10(16)8-12(13)14(19)9-2-5-11(6-3-9)21-15(17)18/h2-8,15H,1H3. The second-order valence-electron chi connectivity index (χ2n) is 4.08. The molecule has 0 saturated carbocycles. The highest BCUT2D eigenvalue weighted by Crippen LogP contribution is 2.26. The van der Waals surface area contributed by atoms with E-state index in [0.717, 1.165) is 0 Å². The Labute approximate surface area is 125 Å². The van der Waals surface area contributed by atoms with Crippen molar-refractivity contribution < 1.29 is 23.0 Å². The summed E-state index contributed by atoms with van der Waals surface area (Å²) < 4.78 is 33.5. The summed E-state index contributed by atoms with van der Waals surface area (Å²) >= 11 is 5.88. The highest BCUT2D eigenvalue weighted by Gasteiger charge is 2.15. The summed E-state index contributed by atoms with van der Waals surface area (Å²) in [5.41, 5.74) is 0.615. The van der Waals surface area contributed by atoms with Gasteiger partial charge in [-0.15, -0.1) is 0 Å². The fourth-order valence-corrected chi connectivity index (χ4v) is 1.97. The molecule has 0 N–H and O–H groups in total. The van der Waals surface area contributed by atoms with Gasteiger partial charge in [0.15, 0.2) is 5.78 Å². The van der Waals surface area contributed by atoms with Crippen molar-refractivity contribution in [3.05, 3.63) is 58.6 Å². The number of carbonyl (C=O) groups is 1. The lowest BCUT2D eigenvalue weighted by molar-refractivity contribution is -0.0498. The summed E-state index contributed by atoms with van der Waals surface area (Å²) in [6.07, 6.45) is 0. The van der Waals surface area contributed by atoms with Crippen LogP contribution >= 0.6 is 11.6 Å². The molecule has 0 amide bonds. The van der Waals surface area contributed by atoms with E-state index in [2.05, 4.69) is 4.74 Å². The van der Waals surface area contributed by atoms with Crippen LogP contribution in [0.4, 0.5) is 8.78 Å². The van der Waals surface area contributed by atoms with Gasteiger partial charge in [-0.05, 0) is 42.5 Å². The number of hydrogen-bond acceptors (Lipinski definition) is 3. The second kappa shape index (κ2) is 6.54. The zero-order valence-electron chi connectivity index (χ0n) is 11.0. The summed E-state index contributed by atoms with van der Waals surface area (Å²) in [5.74, 6) is 0.0508. The largest absolute Gasteiger partial charge is 0.496 e. The van der Waals surface area contributed by atoms with Gasteiger partial charge < -0.3 is 9.47 Å². The molecule has 0 heterocycles. The summed E-state index contributed by atoms with van der Waals surface area (Å²) in [4.78, 5) is 12.4. The Morgan fingerprint density at radius 3 is 2.38 bits per heavy atom. The summed E-state index contributed by atoms with van der Waals surface area (Å²) in [7, 11) is 1.44. The van der Waals surface area contributed by atoms with E-state index in [0.29, 0.717) is 21.9 Å². The maximum Gasteiger partial charge on any atom is 0.387 e. The van der Waals surface area contributed by atoms with Gasteiger partial charge in [-0.25, -0.2) is 0 Å². The lowest BCUT2D eigenvalue weighted by Crippen LogP contribution is -2.05. The molecule has 110 valence electrons. The third-order valence-corrected chi connectivity index (χ3v) is 2.98. The molecule has 0 bridgehead atoms. The van der Waals surface area contributed by atoms with Crippen LogP contribution < -0.4 is 9.47 Å². The van der Waals surface area contributed by atoms with Gasteiger partial charge in [-0.1, -0.05) is 11.6 Å². The summed E-state index contributed by atoms with van der Waals surface area (Å²) in [6.45, 7) is -2.90. The fourth-order valence-electron chi connectivity index (χ4n) is 1.80. The molecule has 6 heteroatoms. The molecule has 0 unspecified atom stereocenters. The van der Waals surface area contributed by atoms with Crippen LogP contribution in [0.2, 0.25) is 5.02 Å². The Balaban J connectivity index is 2.30. The van der Waals surface area contributed by atoms with E-state index in [1.807, 2.05) is 0 Å². The van der Waals surface area contributed by atoms with Crippen LogP contribution in [0, 0.1) is 0 Å². The van der Waals surface area contributed by atoms with Gasteiger partial charge in [0.2, 0.25) is 0 Å². The van der Waals surface area contributed by atoms with Gasteiger partial charge in [0.05, 0.1) is 12.7 Å². The monoisotopic (exact) mass is 312 g/mol. The zero-order chi connectivity index (χ0) is 15.4. The minimum Gasteiger partial charge on any atom is -0.496 e. The summed E-state index contributed by atoms with van der Waals surface area (Å²) in [5, 5.41) is 0.400. The number of halogens is 3. The molecule has 2 aromatic rings. The van der Waals surface area contributed by atoms with Gasteiger partial charge in [-0.3, -0.25) is 4.79 Å². The number of benzene rings is 2. The van der Waals surface area contributed by atoms with Crippen LogP contribution in [-0.2, 0) is 0 Å². The smallest absolute Gasteiger partial charge is 0.387 e. The van der Waals surface area contributed by atoms with Gasteiger partial charge in [-0.2, -0.15) is 8.78 Å². The van der Waals surface area contributed by atoms with Crippen molar-refractivity contribution in [1.29, 1.82) is 0 Å². The molecule has 2 aromatic carbocycles. The van der Waals surface area contributed by atoms with Gasteiger partial charge in [0.1, 0.15) is 11.5 Å². The maximum absolute atomic E-state index is 12.4. The van der Waals surface area contributed by atoms with Crippen LogP contribution in [0.25, 0.3) is 0 Å². The van der Waals surface area contributed by atoms with Crippen molar-refractivity contribution >= 4 is 17.4 Å². The average molecular weight is 313 g/mol. The van der Waals surface area contributed by atoms with Gasteiger partial charge >= 0.3 is 6.61 Å². The molecule has 0 fully saturated rings. The van der Waals surface area contributed by atoms with Gasteiger partial charge in [0, 0.05) is 10.6 Å². The second-order valence-corrected chi connectivity index (χ2v) is 4.51. The Morgan fingerprint density at radius 2 is 1.81 bits per heavy atom. The Morgan fingerprint density at radius 1 is 1.14 bits per heavy atom. The highest BCUT2D eigenvalue weighted by molar-refractivity contribution is 6.31. The van der Waals surface area contributed by atoms with Crippen molar-refractivity contribution in [2.24, 2.45) is 0 Å². The third-order valence-electron chi connectivity index (χ3n) is 2.75. The van der Waals surface area contributed by atoms with Crippen molar-refractivity contribution in [3.8, 4) is 11.5 Å². The van der Waals surface area contributed by atoms with E-state index in [1.54, 1.807) is 12.1 Å². The molecule has 21 heavy (non-hydrogen) atoms. The average Bonchev–Trinajstić information content (AvgIpc) is 2.46. The molecule has 0 saturated heterocycles. The van der Waals surface area contributed by atoms with Crippen LogP contribution in [-0.4, -0.2) is 19.5 Å². The number of ether oxygens (including phenoxy) is 2. The quantitative estimate of drug-likeness (QED) is 0.777. The molecule has 0 aromatic heterocycles. The minimum absolute atomic E-state index is 0.0143. The number of hydrogen-bond donors (Lipinski definition) is 0. The molecule has 0 radical (unpaired) electrons. The van der Waals surface area contributed by atoms with Crippen LogP contribution in [0.15, 0.2) is 42.5 Å². The first-order chi connectivity index (χ1) is 10.0. The SMILES string of the molecule is COc1ccc(Cl)cc1C(=O)c1ccc(OC(F)F)cc1. The minimum atomic E-state index is -2.90. The summed E-state index contributed by atoms with van der Waals surface area (Å²) in [6, 6.07) is 10.1. The van der Waals surface area contributed by atoms with Crippen molar-refractivity contribution in [3.63, 3.8) is 0 Å². The normalized spacial score (nSPS) is 10.5. The number of methoxy groups -OCH3 is 1. The van der Waals surface area contributed by atoms with E-state index < -0.39 is 6.61 Å². The van der Waals surface area contributed by atoms with Crippen molar-refractivity contribution in [2.75, 3.05) is 7.11 Å². The molecular weight excluding hydrogens is 302 g/mol. The number of alkyl halides is 2. The highest BCUT2D eigenvalue weighted by atomic mass is 35.5.